The second-order valence-electron chi connectivity index (χ2n) is 8.17. The molecule has 2 amide bonds. The van der Waals surface area contributed by atoms with Crippen LogP contribution in [0.25, 0.3) is 0 Å². The summed E-state index contributed by atoms with van der Waals surface area (Å²) in [6.07, 6.45) is 11.7. The van der Waals surface area contributed by atoms with Crippen molar-refractivity contribution < 1.29 is 4.79 Å². The first-order chi connectivity index (χ1) is 9.63. The minimum Gasteiger partial charge on any atom is -0.333 e. The Balaban J connectivity index is 1.47. The van der Waals surface area contributed by atoms with Crippen molar-refractivity contribution in [1.82, 2.24) is 10.2 Å². The van der Waals surface area contributed by atoms with Crippen LogP contribution in [0.3, 0.4) is 0 Å². The largest absolute Gasteiger partial charge is 0.333 e. The van der Waals surface area contributed by atoms with Crippen molar-refractivity contribution in [1.29, 1.82) is 0 Å². The number of carbonyl (C=O) groups excluding carboxylic acids is 1. The Bertz CT molecular complexity index is 371. The van der Waals surface area contributed by atoms with E-state index < -0.39 is 0 Å². The Morgan fingerprint density at radius 3 is 2.20 bits per heavy atom. The van der Waals surface area contributed by atoms with Gasteiger partial charge in [0.1, 0.15) is 0 Å². The number of likely N-dealkylation sites (tertiary alicyclic amines) is 1. The highest BCUT2D eigenvalue weighted by Crippen LogP contribution is 2.55. The number of amides is 2. The predicted octanol–water partition coefficient (Wildman–Crippen LogP) is 3.54. The number of hydrogen-bond donors (Lipinski definition) is 1. The van der Waals surface area contributed by atoms with Crippen LogP contribution in [0.15, 0.2) is 0 Å². The molecule has 1 heterocycles. The molecule has 4 aliphatic carbocycles. The number of nitrogens with one attached hydrogen (secondary N) is 1. The van der Waals surface area contributed by atoms with E-state index in [4.69, 9.17) is 0 Å². The van der Waals surface area contributed by atoms with E-state index >= 15 is 0 Å². The van der Waals surface area contributed by atoms with Gasteiger partial charge in [-0.25, -0.2) is 4.79 Å². The molecule has 0 radical (unpaired) electrons. The number of carbonyl (C=O) groups is 1. The Morgan fingerprint density at radius 2 is 1.65 bits per heavy atom. The van der Waals surface area contributed by atoms with Gasteiger partial charge in [-0.2, -0.15) is 0 Å². The third-order valence-electron chi connectivity index (χ3n) is 6.47. The van der Waals surface area contributed by atoms with E-state index in [-0.39, 0.29) is 11.6 Å². The molecule has 5 aliphatic rings. The average Bonchev–Trinajstić information content (AvgIpc) is 2.36. The van der Waals surface area contributed by atoms with Crippen LogP contribution in [0, 0.1) is 17.8 Å². The molecule has 5 fully saturated rings. The molecule has 3 heteroatoms. The number of urea groups is 1. The number of hydrogen-bond acceptors (Lipinski definition) is 1. The zero-order chi connectivity index (χ0) is 13.7. The quantitative estimate of drug-likeness (QED) is 0.780. The fraction of sp³-hybridized carbons (Fsp3) is 0.941. The monoisotopic (exact) mass is 276 g/mol. The lowest BCUT2D eigenvalue weighted by atomic mass is 9.53. The molecule has 112 valence electrons. The van der Waals surface area contributed by atoms with E-state index in [0.717, 1.165) is 24.3 Å². The molecule has 1 saturated heterocycles. The summed E-state index contributed by atoms with van der Waals surface area (Å²) in [5.74, 6) is 2.71. The first kappa shape index (κ1) is 13.0. The lowest BCUT2D eigenvalue weighted by Gasteiger charge is -2.57. The molecule has 20 heavy (non-hydrogen) atoms. The molecule has 0 spiro atoms. The molecular weight excluding hydrogens is 248 g/mol. The SMILES string of the molecule is C[C@H]1CCCCN1C(=O)NC12CC3CC(CC(C3)C1)C2. The Labute approximate surface area is 122 Å². The van der Waals surface area contributed by atoms with Crippen molar-refractivity contribution in [2.75, 3.05) is 6.54 Å². The maximum Gasteiger partial charge on any atom is 0.318 e. The van der Waals surface area contributed by atoms with Gasteiger partial charge >= 0.3 is 6.03 Å². The van der Waals surface area contributed by atoms with Crippen molar-refractivity contribution in [2.45, 2.75) is 76.3 Å². The molecule has 4 saturated carbocycles. The molecule has 0 aromatic rings. The standard InChI is InChI=1S/C17H28N2O/c1-12-4-2-3-5-19(12)16(20)18-17-9-13-6-14(10-17)8-15(7-13)11-17/h12-15H,2-11H2,1H3,(H,18,20)/t12-,13?,14?,15?,17?/m0/s1. The summed E-state index contributed by atoms with van der Waals surface area (Å²) < 4.78 is 0. The molecule has 1 atom stereocenters. The normalized spacial score (nSPS) is 46.5. The second-order valence-corrected chi connectivity index (χ2v) is 8.17. The van der Waals surface area contributed by atoms with Crippen LogP contribution in [-0.4, -0.2) is 29.1 Å². The van der Waals surface area contributed by atoms with E-state index in [1.807, 2.05) is 0 Å². The van der Waals surface area contributed by atoms with Crippen LogP contribution in [0.4, 0.5) is 4.79 Å². The van der Waals surface area contributed by atoms with Crippen LogP contribution >= 0.6 is 0 Å². The molecule has 0 aromatic carbocycles. The summed E-state index contributed by atoms with van der Waals surface area (Å²) in [7, 11) is 0. The minimum absolute atomic E-state index is 0.170. The van der Waals surface area contributed by atoms with E-state index in [1.54, 1.807) is 0 Å². The first-order valence-electron chi connectivity index (χ1n) is 8.72. The highest BCUT2D eigenvalue weighted by molar-refractivity contribution is 5.75. The molecular formula is C17H28N2O. The third-order valence-corrected chi connectivity index (χ3v) is 6.47. The Morgan fingerprint density at radius 1 is 1.05 bits per heavy atom. The smallest absolute Gasteiger partial charge is 0.318 e. The number of nitrogens with zero attached hydrogens (tertiary/aromatic N) is 1. The lowest BCUT2D eigenvalue weighted by Crippen LogP contribution is -2.62. The maximum absolute atomic E-state index is 12.7. The molecule has 1 N–H and O–H groups in total. The van der Waals surface area contributed by atoms with Crippen LogP contribution in [0.2, 0.25) is 0 Å². The first-order valence-corrected chi connectivity index (χ1v) is 8.72. The van der Waals surface area contributed by atoms with Crippen LogP contribution in [0.1, 0.15) is 64.7 Å². The van der Waals surface area contributed by atoms with Crippen molar-refractivity contribution in [2.24, 2.45) is 17.8 Å². The molecule has 4 bridgehead atoms. The highest BCUT2D eigenvalue weighted by atomic mass is 16.2. The highest BCUT2D eigenvalue weighted by Gasteiger charge is 2.51. The van der Waals surface area contributed by atoms with Gasteiger partial charge in [-0.3, -0.25) is 0 Å². The third kappa shape index (κ3) is 2.14. The molecule has 3 nitrogen and oxygen atoms in total. The van der Waals surface area contributed by atoms with Gasteiger partial charge in [0, 0.05) is 18.1 Å². The van der Waals surface area contributed by atoms with Gasteiger partial charge in [-0.05, 0) is 82.5 Å². The Hall–Kier alpha value is -0.730. The van der Waals surface area contributed by atoms with Crippen LogP contribution in [0.5, 0.6) is 0 Å². The van der Waals surface area contributed by atoms with Crippen molar-refractivity contribution in [3.63, 3.8) is 0 Å². The van der Waals surface area contributed by atoms with Gasteiger partial charge in [-0.15, -0.1) is 0 Å². The van der Waals surface area contributed by atoms with Crippen LogP contribution < -0.4 is 5.32 Å². The number of piperidine rings is 1. The number of rotatable bonds is 1. The van der Waals surface area contributed by atoms with Gasteiger partial charge in [-0.1, -0.05) is 0 Å². The summed E-state index contributed by atoms with van der Waals surface area (Å²) in [4.78, 5) is 14.8. The minimum atomic E-state index is 0.170. The summed E-state index contributed by atoms with van der Waals surface area (Å²) in [6, 6.07) is 0.664. The van der Waals surface area contributed by atoms with Gasteiger partial charge in [0.25, 0.3) is 0 Å². The lowest BCUT2D eigenvalue weighted by molar-refractivity contribution is -0.0167. The maximum atomic E-state index is 12.7. The fourth-order valence-corrected chi connectivity index (χ4v) is 5.96. The average molecular weight is 276 g/mol. The second kappa shape index (κ2) is 4.64. The van der Waals surface area contributed by atoms with Gasteiger partial charge in [0.15, 0.2) is 0 Å². The zero-order valence-corrected chi connectivity index (χ0v) is 12.7. The van der Waals surface area contributed by atoms with Crippen molar-refractivity contribution >= 4 is 6.03 Å². The zero-order valence-electron chi connectivity index (χ0n) is 12.7. The molecule has 1 aliphatic heterocycles. The van der Waals surface area contributed by atoms with Gasteiger partial charge in [0.05, 0.1) is 0 Å². The molecule has 5 rings (SSSR count). The van der Waals surface area contributed by atoms with Gasteiger partial charge < -0.3 is 10.2 Å². The summed E-state index contributed by atoms with van der Waals surface area (Å²) in [6.45, 7) is 3.16. The van der Waals surface area contributed by atoms with E-state index in [9.17, 15) is 4.79 Å². The predicted molar refractivity (Wildman–Crippen MR) is 79.5 cm³/mol. The van der Waals surface area contributed by atoms with Crippen molar-refractivity contribution in [3.8, 4) is 0 Å². The van der Waals surface area contributed by atoms with E-state index in [1.165, 1.54) is 57.8 Å². The summed E-state index contributed by atoms with van der Waals surface area (Å²) in [5, 5.41) is 3.51. The Kier molecular flexibility index (Phi) is 3.01. The molecule has 0 unspecified atom stereocenters. The fourth-order valence-electron chi connectivity index (χ4n) is 5.96. The topological polar surface area (TPSA) is 32.3 Å². The van der Waals surface area contributed by atoms with Crippen LogP contribution in [-0.2, 0) is 0 Å². The van der Waals surface area contributed by atoms with E-state index in [2.05, 4.69) is 17.1 Å². The van der Waals surface area contributed by atoms with Crippen molar-refractivity contribution in [3.05, 3.63) is 0 Å². The van der Waals surface area contributed by atoms with Gasteiger partial charge in [0.2, 0.25) is 0 Å². The summed E-state index contributed by atoms with van der Waals surface area (Å²) in [5.41, 5.74) is 0.170. The molecule has 0 aromatic heterocycles. The summed E-state index contributed by atoms with van der Waals surface area (Å²) >= 11 is 0. The van der Waals surface area contributed by atoms with E-state index in [0.29, 0.717) is 6.04 Å².